The molecule has 0 atom stereocenters. The smallest absolute Gasteiger partial charge is 0.267 e. The van der Waals surface area contributed by atoms with Crippen molar-refractivity contribution >= 4 is 21.6 Å². The molecule has 0 amide bonds. The van der Waals surface area contributed by atoms with E-state index in [9.17, 15) is 9.59 Å². The summed E-state index contributed by atoms with van der Waals surface area (Å²) >= 11 is 3.14. The predicted octanol–water partition coefficient (Wildman–Crippen LogP) is 0.840. The summed E-state index contributed by atoms with van der Waals surface area (Å²) in [5.74, 6) is 0. The van der Waals surface area contributed by atoms with Crippen LogP contribution in [0.25, 0.3) is 0 Å². The summed E-state index contributed by atoms with van der Waals surface area (Å²) in [6, 6.07) is 3.00. The van der Waals surface area contributed by atoms with Crippen molar-refractivity contribution in [2.75, 3.05) is 5.73 Å². The molecule has 7 heteroatoms. The fraction of sp³-hybridized carbons (Fsp3) is 0.250. The van der Waals surface area contributed by atoms with Gasteiger partial charge in [-0.3, -0.25) is 14.2 Å². The van der Waals surface area contributed by atoms with Crippen LogP contribution in [0, 0.1) is 0 Å². The minimum absolute atomic E-state index is 0.103. The molecule has 2 heterocycles. The minimum Gasteiger partial charge on any atom is -0.398 e. The highest BCUT2D eigenvalue weighted by Gasteiger charge is 2.01. The summed E-state index contributed by atoms with van der Waals surface area (Å²) < 4.78 is 3.46. The van der Waals surface area contributed by atoms with Crippen molar-refractivity contribution in [3.63, 3.8) is 0 Å². The molecule has 19 heavy (non-hydrogen) atoms. The van der Waals surface area contributed by atoms with Crippen LogP contribution in [0.2, 0.25) is 0 Å². The lowest BCUT2D eigenvalue weighted by atomic mass is 10.3. The highest BCUT2D eigenvalue weighted by Crippen LogP contribution is 2.00. The van der Waals surface area contributed by atoms with E-state index in [0.717, 1.165) is 0 Å². The first kappa shape index (κ1) is 13.5. The molecule has 2 N–H and O–H groups in total. The Kier molecular flexibility index (Phi) is 4.16. The molecule has 0 spiro atoms. The van der Waals surface area contributed by atoms with E-state index < -0.39 is 0 Å². The molecule has 0 saturated heterocycles. The van der Waals surface area contributed by atoms with Crippen LogP contribution in [0.15, 0.2) is 44.9 Å². The zero-order valence-corrected chi connectivity index (χ0v) is 11.7. The van der Waals surface area contributed by atoms with Crippen LogP contribution in [0.4, 0.5) is 5.69 Å². The third-order valence-electron chi connectivity index (χ3n) is 2.66. The Morgan fingerprint density at radius 2 is 1.95 bits per heavy atom. The summed E-state index contributed by atoms with van der Waals surface area (Å²) in [5.41, 5.74) is 5.93. The van der Waals surface area contributed by atoms with E-state index in [0.29, 0.717) is 29.7 Å². The maximum absolute atomic E-state index is 11.7. The number of aryl methyl sites for hydroxylation is 2. The van der Waals surface area contributed by atoms with Crippen LogP contribution in [-0.4, -0.2) is 14.1 Å². The van der Waals surface area contributed by atoms with Crippen molar-refractivity contribution in [2.45, 2.75) is 19.5 Å². The number of anilines is 1. The lowest BCUT2D eigenvalue weighted by Crippen LogP contribution is -2.23. The number of hydrogen-bond donors (Lipinski definition) is 1. The predicted molar refractivity (Wildman–Crippen MR) is 75.9 cm³/mol. The SMILES string of the molecule is Nc1ccc(=O)n(CCCn2cncc(Br)c2=O)c1. The van der Waals surface area contributed by atoms with Gasteiger partial charge in [-0.15, -0.1) is 0 Å². The molecule has 0 saturated carbocycles. The first-order chi connectivity index (χ1) is 9.08. The lowest BCUT2D eigenvalue weighted by molar-refractivity contribution is 0.538. The van der Waals surface area contributed by atoms with Gasteiger partial charge >= 0.3 is 0 Å². The van der Waals surface area contributed by atoms with E-state index in [-0.39, 0.29) is 11.1 Å². The maximum atomic E-state index is 11.7. The molecule has 0 unspecified atom stereocenters. The molecule has 6 nitrogen and oxygen atoms in total. The second kappa shape index (κ2) is 5.83. The highest BCUT2D eigenvalue weighted by atomic mass is 79.9. The van der Waals surface area contributed by atoms with Gasteiger partial charge in [0.15, 0.2) is 0 Å². The van der Waals surface area contributed by atoms with Gasteiger partial charge in [0.1, 0.15) is 4.47 Å². The maximum Gasteiger partial charge on any atom is 0.267 e. The van der Waals surface area contributed by atoms with Gasteiger partial charge in [0, 0.05) is 37.2 Å². The Labute approximate surface area is 117 Å². The van der Waals surface area contributed by atoms with Crippen molar-refractivity contribution in [2.24, 2.45) is 0 Å². The molecule has 0 aromatic carbocycles. The van der Waals surface area contributed by atoms with Gasteiger partial charge in [-0.1, -0.05) is 0 Å². The van der Waals surface area contributed by atoms with E-state index in [4.69, 9.17) is 5.73 Å². The summed E-state index contributed by atoms with van der Waals surface area (Å²) in [6.45, 7) is 0.995. The van der Waals surface area contributed by atoms with Crippen molar-refractivity contribution < 1.29 is 0 Å². The van der Waals surface area contributed by atoms with Crippen molar-refractivity contribution in [1.82, 2.24) is 14.1 Å². The molecule has 0 aliphatic heterocycles. The average Bonchev–Trinajstić information content (AvgIpc) is 2.38. The lowest BCUT2D eigenvalue weighted by Gasteiger charge is -2.08. The van der Waals surface area contributed by atoms with Crippen LogP contribution in [0.3, 0.4) is 0 Å². The summed E-state index contributed by atoms with van der Waals surface area (Å²) in [6.07, 6.45) is 5.18. The molecule has 0 aliphatic rings. The van der Waals surface area contributed by atoms with Gasteiger partial charge in [0.2, 0.25) is 0 Å². The van der Waals surface area contributed by atoms with Crippen LogP contribution < -0.4 is 16.9 Å². The number of hydrogen-bond acceptors (Lipinski definition) is 4. The number of nitrogens with zero attached hydrogens (tertiary/aromatic N) is 3. The number of rotatable bonds is 4. The van der Waals surface area contributed by atoms with Crippen LogP contribution >= 0.6 is 15.9 Å². The Balaban J connectivity index is 2.04. The average molecular weight is 325 g/mol. The van der Waals surface area contributed by atoms with Gasteiger partial charge in [0.25, 0.3) is 11.1 Å². The van der Waals surface area contributed by atoms with E-state index in [2.05, 4.69) is 20.9 Å². The Bertz CT molecular complexity index is 691. The number of nitrogen functional groups attached to an aromatic ring is 1. The van der Waals surface area contributed by atoms with Crippen LogP contribution in [0.1, 0.15) is 6.42 Å². The fourth-order valence-electron chi connectivity index (χ4n) is 1.72. The van der Waals surface area contributed by atoms with Crippen molar-refractivity contribution in [3.05, 3.63) is 56.0 Å². The Hall–Kier alpha value is -1.89. The monoisotopic (exact) mass is 324 g/mol. The molecular formula is C12H13BrN4O2. The van der Waals surface area contributed by atoms with E-state index >= 15 is 0 Å². The topological polar surface area (TPSA) is 82.9 Å². The van der Waals surface area contributed by atoms with Crippen LogP contribution in [-0.2, 0) is 13.1 Å². The molecule has 2 aromatic rings. The summed E-state index contributed by atoms with van der Waals surface area (Å²) in [7, 11) is 0. The zero-order valence-electron chi connectivity index (χ0n) is 10.1. The number of pyridine rings is 1. The zero-order chi connectivity index (χ0) is 13.8. The van der Waals surface area contributed by atoms with Gasteiger partial charge in [-0.25, -0.2) is 4.98 Å². The van der Waals surface area contributed by atoms with Gasteiger partial charge < -0.3 is 10.3 Å². The third-order valence-corrected chi connectivity index (χ3v) is 3.21. The van der Waals surface area contributed by atoms with Gasteiger partial charge in [0.05, 0.1) is 6.33 Å². The van der Waals surface area contributed by atoms with Crippen LogP contribution in [0.5, 0.6) is 0 Å². The molecule has 0 aliphatic carbocycles. The van der Waals surface area contributed by atoms with E-state index in [1.165, 1.54) is 27.7 Å². The first-order valence-electron chi connectivity index (χ1n) is 5.74. The largest absolute Gasteiger partial charge is 0.398 e. The first-order valence-corrected chi connectivity index (χ1v) is 6.53. The number of aromatic nitrogens is 3. The number of halogens is 1. The van der Waals surface area contributed by atoms with Gasteiger partial charge in [-0.2, -0.15) is 0 Å². The molecule has 2 aromatic heterocycles. The Morgan fingerprint density at radius 3 is 2.74 bits per heavy atom. The number of nitrogens with two attached hydrogens (primary N) is 1. The Morgan fingerprint density at radius 1 is 1.21 bits per heavy atom. The molecule has 0 fully saturated rings. The standard InChI is InChI=1S/C12H13BrN4O2/c13-10-6-15-8-17(12(10)19)5-1-4-16-7-9(14)2-3-11(16)18/h2-3,6-8H,1,4-5,14H2. The minimum atomic E-state index is -0.130. The molecule has 2 rings (SSSR count). The molecule has 100 valence electrons. The summed E-state index contributed by atoms with van der Waals surface area (Å²) in [5, 5.41) is 0. The normalized spacial score (nSPS) is 10.6. The second-order valence-electron chi connectivity index (χ2n) is 4.09. The summed E-state index contributed by atoms with van der Waals surface area (Å²) in [4.78, 5) is 27.2. The molecule has 0 radical (unpaired) electrons. The quantitative estimate of drug-likeness (QED) is 0.903. The van der Waals surface area contributed by atoms with Crippen molar-refractivity contribution in [3.8, 4) is 0 Å². The highest BCUT2D eigenvalue weighted by molar-refractivity contribution is 9.10. The fourth-order valence-corrected chi connectivity index (χ4v) is 2.07. The van der Waals surface area contributed by atoms with Crippen molar-refractivity contribution in [1.29, 1.82) is 0 Å². The van der Waals surface area contributed by atoms with E-state index in [1.54, 1.807) is 12.3 Å². The van der Waals surface area contributed by atoms with E-state index in [1.807, 2.05) is 0 Å². The third kappa shape index (κ3) is 3.31. The molecule has 0 bridgehead atoms. The second-order valence-corrected chi connectivity index (χ2v) is 4.94. The van der Waals surface area contributed by atoms with Gasteiger partial charge in [-0.05, 0) is 28.4 Å². The molecular weight excluding hydrogens is 312 g/mol.